The summed E-state index contributed by atoms with van der Waals surface area (Å²) in [7, 11) is 0. The number of fused-ring (bicyclic) bond motifs is 1. The van der Waals surface area contributed by atoms with Gasteiger partial charge in [-0.15, -0.1) is 0 Å². The lowest BCUT2D eigenvalue weighted by Crippen LogP contribution is -2.47. The van der Waals surface area contributed by atoms with Crippen LogP contribution in [-0.4, -0.2) is 21.0 Å². The van der Waals surface area contributed by atoms with Crippen molar-refractivity contribution >= 4 is 22.5 Å². The van der Waals surface area contributed by atoms with Crippen LogP contribution in [0.1, 0.15) is 55.3 Å². The highest BCUT2D eigenvalue weighted by Gasteiger charge is 2.51. The van der Waals surface area contributed by atoms with Crippen LogP contribution in [0.15, 0.2) is 72.9 Å². The van der Waals surface area contributed by atoms with Crippen LogP contribution in [0, 0.1) is 23.2 Å². The van der Waals surface area contributed by atoms with Crippen LogP contribution >= 0.6 is 0 Å². The van der Waals surface area contributed by atoms with E-state index in [4.69, 9.17) is 9.97 Å². The standard InChI is InChI=1S/C34H35N3O2/c38-21-22-5-9-28(10-6-22)31-20-35-33(37-32(39)15-23-7-8-27-3-1-2-4-29(27)14-23)30(36-31)19-34-16-24-11-25(17-34)13-26(12-24)18-34/h1-10,14,20,24-26,38H,11-13,15-19,21H2,(H,35,37,39). The van der Waals surface area contributed by atoms with Crippen molar-refractivity contribution < 1.29 is 9.90 Å². The third kappa shape index (κ3) is 4.96. The summed E-state index contributed by atoms with van der Waals surface area (Å²) >= 11 is 0. The molecular weight excluding hydrogens is 482 g/mol. The average Bonchev–Trinajstić information content (AvgIpc) is 2.93. The molecule has 1 aromatic heterocycles. The van der Waals surface area contributed by atoms with Gasteiger partial charge in [0.05, 0.1) is 30.6 Å². The molecule has 0 aliphatic heterocycles. The molecule has 1 heterocycles. The Bertz CT molecular complexity index is 1490. The minimum Gasteiger partial charge on any atom is -0.392 e. The van der Waals surface area contributed by atoms with Crippen molar-refractivity contribution in [3.8, 4) is 11.3 Å². The highest BCUT2D eigenvalue weighted by atomic mass is 16.3. The monoisotopic (exact) mass is 517 g/mol. The predicted octanol–water partition coefficient (Wildman–Crippen LogP) is 6.73. The number of carbonyl (C=O) groups is 1. The molecule has 3 aromatic carbocycles. The van der Waals surface area contributed by atoms with Gasteiger partial charge in [0.25, 0.3) is 0 Å². The predicted molar refractivity (Wildman–Crippen MR) is 154 cm³/mol. The Balaban J connectivity index is 1.17. The van der Waals surface area contributed by atoms with E-state index in [1.165, 1.54) is 43.9 Å². The Morgan fingerprint density at radius 2 is 1.54 bits per heavy atom. The number of nitrogens with zero attached hydrogens (tertiary/aromatic N) is 2. The number of rotatable bonds is 7. The van der Waals surface area contributed by atoms with Gasteiger partial charge in [-0.25, -0.2) is 9.97 Å². The molecular formula is C34H35N3O2. The van der Waals surface area contributed by atoms with Gasteiger partial charge < -0.3 is 10.4 Å². The Kier molecular flexibility index (Phi) is 6.19. The normalized spacial score (nSPS) is 25.2. The van der Waals surface area contributed by atoms with Gasteiger partial charge in [0.15, 0.2) is 5.82 Å². The number of nitrogens with one attached hydrogen (secondary N) is 1. The first-order valence-electron chi connectivity index (χ1n) is 14.4. The van der Waals surface area contributed by atoms with Crippen LogP contribution in [0.2, 0.25) is 0 Å². The lowest BCUT2D eigenvalue weighted by molar-refractivity contribution is -0.115. The number of aliphatic hydroxyl groups is 1. The summed E-state index contributed by atoms with van der Waals surface area (Å²) in [4.78, 5) is 23.2. The van der Waals surface area contributed by atoms with Gasteiger partial charge in [0.1, 0.15) is 0 Å². The second kappa shape index (κ2) is 9.87. The molecule has 0 unspecified atom stereocenters. The molecule has 1 amide bonds. The summed E-state index contributed by atoms with van der Waals surface area (Å²) in [5.74, 6) is 3.09. The second-order valence-electron chi connectivity index (χ2n) is 12.4. The first kappa shape index (κ1) is 24.5. The fraction of sp³-hybridized carbons (Fsp3) is 0.382. The summed E-state index contributed by atoms with van der Waals surface area (Å²) in [5, 5.41) is 14.9. The van der Waals surface area contributed by atoms with Crippen LogP contribution < -0.4 is 5.32 Å². The topological polar surface area (TPSA) is 75.1 Å². The zero-order chi connectivity index (χ0) is 26.4. The molecule has 198 valence electrons. The minimum atomic E-state index is -0.0635. The van der Waals surface area contributed by atoms with Crippen molar-refractivity contribution in [3.05, 3.63) is 89.7 Å². The fourth-order valence-electron chi connectivity index (χ4n) is 8.15. The maximum absolute atomic E-state index is 13.3. The van der Waals surface area contributed by atoms with Crippen LogP contribution in [0.5, 0.6) is 0 Å². The van der Waals surface area contributed by atoms with Gasteiger partial charge in [-0.05, 0) is 90.0 Å². The number of carbonyl (C=O) groups excluding carboxylic acids is 1. The molecule has 4 bridgehead atoms. The Morgan fingerprint density at radius 3 is 2.23 bits per heavy atom. The smallest absolute Gasteiger partial charge is 0.229 e. The van der Waals surface area contributed by atoms with Crippen LogP contribution in [-0.2, 0) is 24.2 Å². The van der Waals surface area contributed by atoms with E-state index in [-0.39, 0.29) is 17.9 Å². The van der Waals surface area contributed by atoms with Crippen molar-refractivity contribution in [2.24, 2.45) is 23.2 Å². The second-order valence-corrected chi connectivity index (χ2v) is 12.4. The highest BCUT2D eigenvalue weighted by molar-refractivity contribution is 5.93. The van der Waals surface area contributed by atoms with Crippen molar-refractivity contribution in [1.29, 1.82) is 0 Å². The molecule has 0 atom stereocenters. The summed E-state index contributed by atoms with van der Waals surface area (Å²) in [5.41, 5.74) is 4.83. The van der Waals surface area contributed by atoms with Crippen LogP contribution in [0.4, 0.5) is 5.82 Å². The van der Waals surface area contributed by atoms with Gasteiger partial charge in [-0.1, -0.05) is 66.7 Å². The molecule has 0 saturated heterocycles. The minimum absolute atomic E-state index is 0.0193. The van der Waals surface area contributed by atoms with Crippen molar-refractivity contribution in [3.63, 3.8) is 0 Å². The number of benzene rings is 3. The third-order valence-corrected chi connectivity index (χ3v) is 9.42. The van der Waals surface area contributed by atoms with Crippen molar-refractivity contribution in [1.82, 2.24) is 9.97 Å². The average molecular weight is 518 g/mol. The molecule has 4 aliphatic rings. The summed E-state index contributed by atoms with van der Waals surface area (Å²) in [6, 6.07) is 22.3. The van der Waals surface area contributed by atoms with Crippen molar-refractivity contribution in [2.75, 3.05) is 5.32 Å². The van der Waals surface area contributed by atoms with Gasteiger partial charge in [0, 0.05) is 5.56 Å². The van der Waals surface area contributed by atoms with E-state index in [9.17, 15) is 9.90 Å². The lowest BCUT2D eigenvalue weighted by atomic mass is 9.48. The van der Waals surface area contributed by atoms with E-state index in [0.717, 1.165) is 57.6 Å². The van der Waals surface area contributed by atoms with Gasteiger partial charge in [-0.2, -0.15) is 0 Å². The van der Waals surface area contributed by atoms with Gasteiger partial charge in [-0.3, -0.25) is 4.79 Å². The molecule has 2 N–H and O–H groups in total. The van der Waals surface area contributed by atoms with E-state index in [2.05, 4.69) is 29.6 Å². The van der Waals surface area contributed by atoms with E-state index >= 15 is 0 Å². The maximum atomic E-state index is 13.3. The Morgan fingerprint density at radius 1 is 0.872 bits per heavy atom. The summed E-state index contributed by atoms with van der Waals surface area (Å²) < 4.78 is 0. The number of aromatic nitrogens is 2. The molecule has 4 saturated carbocycles. The number of anilines is 1. The van der Waals surface area contributed by atoms with Gasteiger partial charge >= 0.3 is 0 Å². The highest BCUT2D eigenvalue weighted by Crippen LogP contribution is 2.61. The zero-order valence-corrected chi connectivity index (χ0v) is 22.3. The lowest BCUT2D eigenvalue weighted by Gasteiger charge is -2.57. The molecule has 39 heavy (non-hydrogen) atoms. The Hall–Kier alpha value is -3.57. The van der Waals surface area contributed by atoms with Crippen LogP contribution in [0.25, 0.3) is 22.0 Å². The largest absolute Gasteiger partial charge is 0.392 e. The first-order valence-corrected chi connectivity index (χ1v) is 14.4. The summed E-state index contributed by atoms with van der Waals surface area (Å²) in [6.07, 6.45) is 11.0. The van der Waals surface area contributed by atoms with E-state index in [1.807, 2.05) is 42.5 Å². The van der Waals surface area contributed by atoms with E-state index < -0.39 is 0 Å². The number of hydrogen-bond donors (Lipinski definition) is 2. The molecule has 4 fully saturated rings. The summed E-state index contributed by atoms with van der Waals surface area (Å²) in [6.45, 7) is 0.0193. The van der Waals surface area contributed by atoms with Crippen molar-refractivity contribution in [2.45, 2.75) is 58.0 Å². The van der Waals surface area contributed by atoms with E-state index in [1.54, 1.807) is 6.20 Å². The molecule has 8 rings (SSSR count). The number of aliphatic hydroxyl groups excluding tert-OH is 1. The molecule has 5 nitrogen and oxygen atoms in total. The van der Waals surface area contributed by atoms with Crippen LogP contribution in [0.3, 0.4) is 0 Å². The quantitative estimate of drug-likeness (QED) is 0.285. The number of hydrogen-bond acceptors (Lipinski definition) is 4. The van der Waals surface area contributed by atoms with Gasteiger partial charge in [0.2, 0.25) is 5.91 Å². The maximum Gasteiger partial charge on any atom is 0.229 e. The molecule has 5 heteroatoms. The molecule has 0 radical (unpaired) electrons. The SMILES string of the molecule is O=C(Cc1ccc2ccccc2c1)Nc1ncc(-c2ccc(CO)cc2)nc1CC12CC3CC(CC(C3)C1)C2. The van der Waals surface area contributed by atoms with E-state index in [0.29, 0.717) is 12.2 Å². The molecule has 4 aliphatic carbocycles. The fourth-order valence-corrected chi connectivity index (χ4v) is 8.15. The first-order chi connectivity index (χ1) is 19.0. The molecule has 0 spiro atoms. The zero-order valence-electron chi connectivity index (χ0n) is 22.3. The Labute approximate surface area is 229 Å². The third-order valence-electron chi connectivity index (χ3n) is 9.42. The molecule has 4 aromatic rings. The number of amides is 1.